The van der Waals surface area contributed by atoms with Crippen LogP contribution in [0.1, 0.15) is 0 Å². The summed E-state index contributed by atoms with van der Waals surface area (Å²) in [5, 5.41) is 0. The molecule has 0 saturated carbocycles. The molecule has 7 aromatic carbocycles. The maximum atomic E-state index is 5.05. The Balaban J connectivity index is 1.11. The zero-order valence-corrected chi connectivity index (χ0v) is 28.0. The maximum Gasteiger partial charge on any atom is 0.244 e. The highest BCUT2D eigenvalue weighted by molar-refractivity contribution is 8.00. The highest BCUT2D eigenvalue weighted by atomic mass is 32.2. The van der Waals surface area contributed by atoms with E-state index in [1.165, 1.54) is 37.3 Å². The van der Waals surface area contributed by atoms with E-state index in [4.69, 9.17) is 15.0 Å². The number of benzene rings is 7. The molecule has 50 heavy (non-hydrogen) atoms. The molecule has 1 aliphatic rings. The number of hydrogen-bond acceptors (Lipinski definition) is 4. The Kier molecular flexibility index (Phi) is 7.88. The van der Waals surface area contributed by atoms with Crippen LogP contribution in [0.2, 0.25) is 0 Å². The lowest BCUT2D eigenvalue weighted by Crippen LogP contribution is -2.55. The van der Waals surface area contributed by atoms with Crippen LogP contribution in [0.4, 0.5) is 0 Å². The molecule has 0 aliphatic carbocycles. The van der Waals surface area contributed by atoms with E-state index in [1.54, 1.807) is 0 Å². The van der Waals surface area contributed by atoms with Gasteiger partial charge in [-0.1, -0.05) is 192 Å². The lowest BCUT2D eigenvalue weighted by atomic mass is 9.36. The molecule has 0 fully saturated rings. The van der Waals surface area contributed by atoms with Gasteiger partial charge in [-0.2, -0.15) is 0 Å². The predicted octanol–water partition coefficient (Wildman–Crippen LogP) is 9.19. The third-order valence-corrected chi connectivity index (χ3v) is 10.4. The minimum atomic E-state index is 0.200. The predicted molar refractivity (Wildman–Crippen MR) is 209 cm³/mol. The highest BCUT2D eigenvalue weighted by Gasteiger charge is 2.31. The standard InChI is InChI=1S/C45H30BN3S/c1-4-13-31(14-5-1)32-23-25-34(26-24-32)44-47-43(33-15-6-2-7-16-33)48-45(49-44)37-18-12-17-35(29-37)36-27-28-40-42(30-36)50-41-22-11-10-21-39(41)46(40)38-19-8-3-9-20-38/h1-30H. The van der Waals surface area contributed by atoms with E-state index in [0.29, 0.717) is 17.5 Å². The Hall–Kier alpha value is -6.04. The van der Waals surface area contributed by atoms with Crippen LogP contribution in [0, 0.1) is 0 Å². The molecular weight excluding hydrogens is 625 g/mol. The van der Waals surface area contributed by atoms with Crippen LogP contribution in [-0.2, 0) is 0 Å². The molecule has 1 aliphatic heterocycles. The normalized spacial score (nSPS) is 11.9. The fraction of sp³-hybridized carbons (Fsp3) is 0. The smallest absolute Gasteiger partial charge is 0.208 e. The number of hydrogen-bond donors (Lipinski definition) is 0. The van der Waals surface area contributed by atoms with Gasteiger partial charge in [0, 0.05) is 26.5 Å². The van der Waals surface area contributed by atoms with Gasteiger partial charge in [0.25, 0.3) is 0 Å². The summed E-state index contributed by atoms with van der Waals surface area (Å²) in [7, 11) is 0. The second-order valence-electron chi connectivity index (χ2n) is 12.4. The summed E-state index contributed by atoms with van der Waals surface area (Å²) in [5.41, 5.74) is 11.5. The van der Waals surface area contributed by atoms with E-state index in [-0.39, 0.29) is 6.71 Å². The molecule has 8 aromatic rings. The minimum absolute atomic E-state index is 0.200. The van der Waals surface area contributed by atoms with Crippen LogP contribution in [0.25, 0.3) is 56.4 Å². The average Bonchev–Trinajstić information content (AvgIpc) is 3.20. The molecule has 0 spiro atoms. The van der Waals surface area contributed by atoms with Gasteiger partial charge in [-0.15, -0.1) is 0 Å². The lowest BCUT2D eigenvalue weighted by molar-refractivity contribution is 1.07. The second-order valence-corrected chi connectivity index (χ2v) is 13.5. The van der Waals surface area contributed by atoms with Gasteiger partial charge < -0.3 is 0 Å². The summed E-state index contributed by atoms with van der Waals surface area (Å²) in [4.78, 5) is 17.6. The SMILES string of the molecule is c1ccc(B2c3ccccc3Sc3cc(-c4cccc(-c5nc(-c6ccccc6)nc(-c6ccc(-c7ccccc7)cc6)n5)c4)ccc32)cc1. The van der Waals surface area contributed by atoms with E-state index < -0.39 is 0 Å². The van der Waals surface area contributed by atoms with Crippen molar-refractivity contribution < 1.29 is 0 Å². The number of nitrogens with zero attached hydrogens (tertiary/aromatic N) is 3. The Morgan fingerprint density at radius 3 is 1.50 bits per heavy atom. The number of fused-ring (bicyclic) bond motifs is 2. The first-order valence-electron chi connectivity index (χ1n) is 16.8. The van der Waals surface area contributed by atoms with Crippen LogP contribution in [-0.4, -0.2) is 21.7 Å². The molecule has 0 N–H and O–H groups in total. The van der Waals surface area contributed by atoms with Gasteiger partial charge in [-0.25, -0.2) is 15.0 Å². The zero-order valence-electron chi connectivity index (χ0n) is 27.1. The molecule has 2 heterocycles. The quantitative estimate of drug-likeness (QED) is 0.168. The van der Waals surface area contributed by atoms with Gasteiger partial charge in [0.05, 0.1) is 0 Å². The molecule has 3 nitrogen and oxygen atoms in total. The molecule has 0 bridgehead atoms. The maximum absolute atomic E-state index is 5.05. The lowest BCUT2D eigenvalue weighted by Gasteiger charge is -2.26. The first-order chi connectivity index (χ1) is 24.8. The third kappa shape index (κ3) is 5.82. The van der Waals surface area contributed by atoms with E-state index in [9.17, 15) is 0 Å². The van der Waals surface area contributed by atoms with Gasteiger partial charge in [0.1, 0.15) is 0 Å². The molecule has 5 heteroatoms. The van der Waals surface area contributed by atoms with Crippen molar-refractivity contribution in [3.05, 3.63) is 182 Å². The van der Waals surface area contributed by atoms with Crippen molar-refractivity contribution in [3.63, 3.8) is 0 Å². The van der Waals surface area contributed by atoms with Crippen LogP contribution < -0.4 is 16.4 Å². The fourth-order valence-electron chi connectivity index (χ4n) is 6.77. The van der Waals surface area contributed by atoms with E-state index >= 15 is 0 Å². The van der Waals surface area contributed by atoms with Gasteiger partial charge in [0.15, 0.2) is 17.5 Å². The molecular formula is C45H30BN3S. The molecule has 0 atom stereocenters. The highest BCUT2D eigenvalue weighted by Crippen LogP contribution is 2.34. The fourth-order valence-corrected chi connectivity index (χ4v) is 7.95. The van der Waals surface area contributed by atoms with Crippen LogP contribution in [0.5, 0.6) is 0 Å². The van der Waals surface area contributed by atoms with Crippen molar-refractivity contribution in [2.45, 2.75) is 9.79 Å². The first kappa shape index (κ1) is 30.1. The van der Waals surface area contributed by atoms with Gasteiger partial charge in [0.2, 0.25) is 6.71 Å². The molecule has 1 aromatic heterocycles. The Labute approximate surface area is 296 Å². The topological polar surface area (TPSA) is 38.7 Å². The molecule has 0 radical (unpaired) electrons. The Morgan fingerprint density at radius 2 is 0.780 bits per heavy atom. The van der Waals surface area contributed by atoms with Gasteiger partial charge in [-0.05, 0) is 40.5 Å². The number of rotatable bonds is 6. The van der Waals surface area contributed by atoms with Crippen molar-refractivity contribution in [1.29, 1.82) is 0 Å². The molecule has 0 amide bonds. The van der Waals surface area contributed by atoms with Crippen molar-refractivity contribution in [1.82, 2.24) is 15.0 Å². The summed E-state index contributed by atoms with van der Waals surface area (Å²) in [5.74, 6) is 1.95. The average molecular weight is 656 g/mol. The minimum Gasteiger partial charge on any atom is -0.208 e. The Morgan fingerprint density at radius 1 is 0.320 bits per heavy atom. The van der Waals surface area contributed by atoms with E-state index in [1.807, 2.05) is 48.2 Å². The van der Waals surface area contributed by atoms with E-state index in [0.717, 1.165) is 27.8 Å². The first-order valence-corrected chi connectivity index (χ1v) is 17.6. The molecule has 234 valence electrons. The van der Waals surface area contributed by atoms with Crippen LogP contribution >= 0.6 is 11.8 Å². The van der Waals surface area contributed by atoms with Crippen molar-refractivity contribution in [2.75, 3.05) is 0 Å². The van der Waals surface area contributed by atoms with Crippen LogP contribution in [0.15, 0.2) is 192 Å². The van der Waals surface area contributed by atoms with Crippen LogP contribution in [0.3, 0.4) is 0 Å². The van der Waals surface area contributed by atoms with Crippen molar-refractivity contribution in [2.24, 2.45) is 0 Å². The van der Waals surface area contributed by atoms with E-state index in [2.05, 4.69) is 146 Å². The zero-order chi connectivity index (χ0) is 33.3. The third-order valence-electron chi connectivity index (χ3n) is 9.28. The second kappa shape index (κ2) is 13.1. The van der Waals surface area contributed by atoms with Gasteiger partial charge in [-0.3, -0.25) is 0 Å². The molecule has 9 rings (SSSR count). The summed E-state index contributed by atoms with van der Waals surface area (Å²) < 4.78 is 0. The molecule has 0 saturated heterocycles. The molecule has 0 unspecified atom stereocenters. The summed E-state index contributed by atoms with van der Waals surface area (Å²) in [6, 6.07) is 64.1. The van der Waals surface area contributed by atoms with Crippen molar-refractivity contribution in [3.8, 4) is 56.4 Å². The largest absolute Gasteiger partial charge is 0.244 e. The Bertz CT molecular complexity index is 2450. The summed E-state index contributed by atoms with van der Waals surface area (Å²) >= 11 is 1.86. The number of aromatic nitrogens is 3. The summed E-state index contributed by atoms with van der Waals surface area (Å²) in [6.07, 6.45) is 0. The van der Waals surface area contributed by atoms with Gasteiger partial charge >= 0.3 is 0 Å². The monoisotopic (exact) mass is 655 g/mol. The van der Waals surface area contributed by atoms with Crippen molar-refractivity contribution >= 4 is 34.9 Å². The summed E-state index contributed by atoms with van der Waals surface area (Å²) in [6.45, 7) is 0.200.